The summed E-state index contributed by atoms with van der Waals surface area (Å²) in [6.45, 7) is 2.92. The summed E-state index contributed by atoms with van der Waals surface area (Å²) in [5, 5.41) is 15.5. The largest absolute Gasteiger partial charge is 0.405 e. The van der Waals surface area contributed by atoms with Gasteiger partial charge in [0.25, 0.3) is 5.56 Å². The fraction of sp³-hybridized carbons (Fsp3) is 0.250. The fourth-order valence-electron chi connectivity index (χ4n) is 4.79. The molecule has 4 aromatic rings. The lowest BCUT2D eigenvalue weighted by molar-refractivity contribution is 0.0991. The van der Waals surface area contributed by atoms with E-state index >= 15 is 0 Å². The van der Waals surface area contributed by atoms with Crippen LogP contribution < -0.4 is 15.7 Å². The van der Waals surface area contributed by atoms with Crippen LogP contribution in [-0.2, 0) is 19.4 Å². The summed E-state index contributed by atoms with van der Waals surface area (Å²) < 4.78 is 1.32. The summed E-state index contributed by atoms with van der Waals surface area (Å²) in [4.78, 5) is 18.4. The lowest BCUT2D eigenvalue weighted by atomic mass is 9.97. The van der Waals surface area contributed by atoms with E-state index in [4.69, 9.17) is 4.84 Å². The maximum atomic E-state index is 12.5. The number of rotatable bonds is 7. The van der Waals surface area contributed by atoms with E-state index in [1.165, 1.54) is 21.9 Å². The van der Waals surface area contributed by atoms with Crippen LogP contribution in [0.5, 0.6) is 0 Å². The monoisotopic (exact) mass is 440 g/mol. The molecular weight excluding hydrogens is 412 g/mol. The number of aromatic nitrogens is 1. The van der Waals surface area contributed by atoms with Gasteiger partial charge in [0.05, 0.1) is 11.6 Å². The summed E-state index contributed by atoms with van der Waals surface area (Å²) in [6.07, 6.45) is 1.17. The van der Waals surface area contributed by atoms with E-state index in [2.05, 4.69) is 36.5 Å². The Morgan fingerprint density at radius 2 is 1.64 bits per heavy atom. The van der Waals surface area contributed by atoms with Crippen molar-refractivity contribution in [2.45, 2.75) is 38.0 Å². The second-order valence-corrected chi connectivity index (χ2v) is 9.08. The highest BCUT2D eigenvalue weighted by Gasteiger charge is 2.32. The van der Waals surface area contributed by atoms with Crippen LogP contribution >= 0.6 is 0 Å². The van der Waals surface area contributed by atoms with Gasteiger partial charge in [0.15, 0.2) is 0 Å². The quantitative estimate of drug-likeness (QED) is 0.459. The predicted octanol–water partition coefficient (Wildman–Crippen LogP) is 3.81. The van der Waals surface area contributed by atoms with Gasteiger partial charge in [0.2, 0.25) is 0 Å². The van der Waals surface area contributed by atoms with Gasteiger partial charge in [0.1, 0.15) is 6.61 Å². The molecule has 3 aromatic carbocycles. The highest BCUT2D eigenvalue weighted by atomic mass is 16.7. The van der Waals surface area contributed by atoms with E-state index in [9.17, 15) is 9.90 Å². The van der Waals surface area contributed by atoms with Crippen molar-refractivity contribution in [3.63, 3.8) is 0 Å². The second-order valence-electron chi connectivity index (χ2n) is 9.08. The van der Waals surface area contributed by atoms with E-state index in [-0.39, 0.29) is 17.7 Å². The molecule has 5 rings (SSSR count). The molecule has 0 fully saturated rings. The van der Waals surface area contributed by atoms with E-state index in [1.807, 2.05) is 48.5 Å². The molecule has 5 heteroatoms. The maximum Gasteiger partial charge on any atom is 0.283 e. The van der Waals surface area contributed by atoms with Crippen LogP contribution in [0.25, 0.3) is 10.9 Å². The molecule has 0 aliphatic heterocycles. The first-order valence-electron chi connectivity index (χ1n) is 11.3. The standard InChI is InChI=1S/C28H28N2O3/c1-28(16-21-10-5-6-11-22(21)17-28)29-18-26(31)24-12-7-13-25-23(24)14-15-27(32)30(25)33-19-20-8-3-2-4-9-20/h2-15,26,29,31H,16-19H2,1H3/t26-/m0/s1. The highest BCUT2D eigenvalue weighted by Crippen LogP contribution is 2.30. The van der Waals surface area contributed by atoms with Gasteiger partial charge in [-0.25, -0.2) is 0 Å². The molecule has 0 radical (unpaired) electrons. The molecule has 0 saturated heterocycles. The number of hydrogen-bond donors (Lipinski definition) is 2. The molecule has 1 aliphatic carbocycles. The minimum Gasteiger partial charge on any atom is -0.405 e. The molecule has 0 unspecified atom stereocenters. The lowest BCUT2D eigenvalue weighted by Gasteiger charge is -2.27. The van der Waals surface area contributed by atoms with Gasteiger partial charge in [-0.1, -0.05) is 66.7 Å². The Hall–Kier alpha value is -3.41. The minimum absolute atomic E-state index is 0.0872. The zero-order chi connectivity index (χ0) is 22.8. The first-order chi connectivity index (χ1) is 16.0. The average Bonchev–Trinajstić information content (AvgIpc) is 3.18. The van der Waals surface area contributed by atoms with Crippen LogP contribution in [0.15, 0.2) is 89.7 Å². The first-order valence-corrected chi connectivity index (χ1v) is 11.3. The average molecular weight is 441 g/mol. The molecule has 2 N–H and O–H groups in total. The molecule has 1 aromatic heterocycles. The third-order valence-corrected chi connectivity index (χ3v) is 6.49. The Morgan fingerprint density at radius 1 is 0.939 bits per heavy atom. The first kappa shape index (κ1) is 21.4. The molecule has 1 atom stereocenters. The molecule has 0 spiro atoms. The summed E-state index contributed by atoms with van der Waals surface area (Å²) in [6, 6.07) is 27.1. The van der Waals surface area contributed by atoms with Crippen molar-refractivity contribution in [3.05, 3.63) is 118 Å². The molecule has 1 aliphatic rings. The summed E-state index contributed by atoms with van der Waals surface area (Å²) in [5.41, 5.74) is 4.81. The highest BCUT2D eigenvalue weighted by molar-refractivity contribution is 5.82. The molecule has 1 heterocycles. The van der Waals surface area contributed by atoms with Crippen LogP contribution in [0.2, 0.25) is 0 Å². The minimum atomic E-state index is -0.714. The van der Waals surface area contributed by atoms with Crippen LogP contribution in [0.1, 0.15) is 35.3 Å². The van der Waals surface area contributed by atoms with E-state index < -0.39 is 6.10 Å². The molecule has 33 heavy (non-hydrogen) atoms. The third-order valence-electron chi connectivity index (χ3n) is 6.49. The maximum absolute atomic E-state index is 12.5. The zero-order valence-corrected chi connectivity index (χ0v) is 18.7. The van der Waals surface area contributed by atoms with Crippen molar-refractivity contribution in [1.82, 2.24) is 10.0 Å². The number of fused-ring (bicyclic) bond motifs is 2. The van der Waals surface area contributed by atoms with Gasteiger partial charge >= 0.3 is 0 Å². The van der Waals surface area contributed by atoms with E-state index in [0.29, 0.717) is 12.1 Å². The topological polar surface area (TPSA) is 63.5 Å². The third kappa shape index (κ3) is 4.42. The Labute approximate surface area is 193 Å². The smallest absolute Gasteiger partial charge is 0.283 e. The number of aliphatic hydroxyl groups is 1. The summed E-state index contributed by atoms with van der Waals surface area (Å²) >= 11 is 0. The lowest BCUT2D eigenvalue weighted by Crippen LogP contribution is -2.45. The summed E-state index contributed by atoms with van der Waals surface area (Å²) in [7, 11) is 0. The molecular formula is C28H28N2O3. The number of β-amino-alcohol motifs (C(OH)–C–C–N with tert-alkyl or cyclic N) is 1. The van der Waals surface area contributed by atoms with Crippen LogP contribution in [0.4, 0.5) is 0 Å². The molecule has 0 amide bonds. The van der Waals surface area contributed by atoms with Crippen LogP contribution in [-0.4, -0.2) is 21.9 Å². The Balaban J connectivity index is 1.35. The van der Waals surface area contributed by atoms with Crippen LogP contribution in [0, 0.1) is 0 Å². The normalized spacial score (nSPS) is 15.3. The number of benzene rings is 3. The fourth-order valence-corrected chi connectivity index (χ4v) is 4.79. The van der Waals surface area contributed by atoms with E-state index in [0.717, 1.165) is 29.4 Å². The Morgan fingerprint density at radius 3 is 2.36 bits per heavy atom. The SMILES string of the molecule is CC1(NC[C@H](O)c2cccc3c2ccc(=O)n3OCc2ccccc2)Cc2ccccc2C1. The van der Waals surface area contributed by atoms with Crippen molar-refractivity contribution < 1.29 is 9.94 Å². The number of aliphatic hydroxyl groups excluding tert-OH is 1. The number of pyridine rings is 1. The van der Waals surface area contributed by atoms with Crippen molar-refractivity contribution in [1.29, 1.82) is 0 Å². The molecule has 0 saturated carbocycles. The van der Waals surface area contributed by atoms with E-state index in [1.54, 1.807) is 6.07 Å². The van der Waals surface area contributed by atoms with Gasteiger partial charge in [-0.05, 0) is 54.2 Å². The number of nitrogens with one attached hydrogen (secondary N) is 1. The molecule has 0 bridgehead atoms. The van der Waals surface area contributed by atoms with Gasteiger partial charge < -0.3 is 15.3 Å². The second kappa shape index (κ2) is 8.85. The van der Waals surface area contributed by atoms with Gasteiger partial charge in [-0.15, -0.1) is 4.73 Å². The van der Waals surface area contributed by atoms with Crippen molar-refractivity contribution in [2.75, 3.05) is 6.54 Å². The number of hydrogen-bond acceptors (Lipinski definition) is 4. The van der Waals surface area contributed by atoms with Crippen molar-refractivity contribution in [3.8, 4) is 0 Å². The Bertz CT molecular complexity index is 1310. The molecule has 168 valence electrons. The zero-order valence-electron chi connectivity index (χ0n) is 18.7. The number of nitrogens with zero attached hydrogens (tertiary/aromatic N) is 1. The van der Waals surface area contributed by atoms with Gasteiger partial charge in [0, 0.05) is 23.5 Å². The van der Waals surface area contributed by atoms with Crippen LogP contribution in [0.3, 0.4) is 0 Å². The van der Waals surface area contributed by atoms with Gasteiger partial charge in [-0.2, -0.15) is 0 Å². The molecule has 5 nitrogen and oxygen atoms in total. The Kier molecular flexibility index (Phi) is 5.75. The van der Waals surface area contributed by atoms with Crippen molar-refractivity contribution in [2.24, 2.45) is 0 Å². The van der Waals surface area contributed by atoms with Crippen molar-refractivity contribution >= 4 is 10.9 Å². The predicted molar refractivity (Wildman–Crippen MR) is 130 cm³/mol. The summed E-state index contributed by atoms with van der Waals surface area (Å²) in [5.74, 6) is 0. The van der Waals surface area contributed by atoms with Gasteiger partial charge in [-0.3, -0.25) is 4.79 Å².